The van der Waals surface area contributed by atoms with E-state index in [4.69, 9.17) is 5.11 Å². The molecule has 0 aromatic rings. The summed E-state index contributed by atoms with van der Waals surface area (Å²) < 4.78 is 9.04. The van der Waals surface area contributed by atoms with Crippen molar-refractivity contribution < 1.29 is 14.6 Å². The molecule has 3 nitrogen and oxygen atoms in total. The van der Waals surface area contributed by atoms with Crippen LogP contribution in [0.1, 0.15) is 0 Å². The molecular formula is C5H6O3. The van der Waals surface area contributed by atoms with E-state index in [1.807, 2.05) is 0 Å². The molecule has 0 saturated heterocycles. The highest BCUT2D eigenvalue weighted by Gasteiger charge is 2.11. The van der Waals surface area contributed by atoms with E-state index in [1.165, 1.54) is 12.3 Å². The van der Waals surface area contributed by atoms with Gasteiger partial charge in [0.15, 0.2) is 5.76 Å². The van der Waals surface area contributed by atoms with E-state index in [0.29, 0.717) is 5.76 Å². The van der Waals surface area contributed by atoms with Gasteiger partial charge in [-0.3, -0.25) is 0 Å². The Hall–Kier alpha value is -0.960. The fraction of sp³-hybridized carbons (Fsp3) is 0.200. The fourth-order valence-electron chi connectivity index (χ4n) is 0.393. The van der Waals surface area contributed by atoms with Crippen LogP contribution in [0.15, 0.2) is 24.7 Å². The summed E-state index contributed by atoms with van der Waals surface area (Å²) in [6, 6.07) is 0. The van der Waals surface area contributed by atoms with Crippen LogP contribution < -0.4 is 0 Å². The zero-order valence-corrected chi connectivity index (χ0v) is 4.20. The SMILES string of the molecule is C=CC1=COC(O)O1. The molecule has 44 valence electrons. The van der Waals surface area contributed by atoms with Crippen LogP contribution in [0.25, 0.3) is 0 Å². The third kappa shape index (κ3) is 0.816. The minimum atomic E-state index is -1.14. The van der Waals surface area contributed by atoms with Gasteiger partial charge in [0, 0.05) is 0 Å². The molecule has 1 aliphatic heterocycles. The lowest BCUT2D eigenvalue weighted by atomic mass is 10.5. The van der Waals surface area contributed by atoms with Crippen LogP contribution in [0.3, 0.4) is 0 Å². The highest BCUT2D eigenvalue weighted by Crippen LogP contribution is 2.11. The second-order valence-electron chi connectivity index (χ2n) is 1.29. The second-order valence-corrected chi connectivity index (χ2v) is 1.29. The van der Waals surface area contributed by atoms with E-state index in [1.54, 1.807) is 0 Å². The summed E-state index contributed by atoms with van der Waals surface area (Å²) in [7, 11) is 0. The van der Waals surface area contributed by atoms with Gasteiger partial charge >= 0.3 is 6.48 Å². The van der Waals surface area contributed by atoms with Crippen LogP contribution in [0.5, 0.6) is 0 Å². The summed E-state index contributed by atoms with van der Waals surface area (Å²) in [6.07, 6.45) is 2.76. The third-order valence-corrected chi connectivity index (χ3v) is 0.739. The zero-order chi connectivity index (χ0) is 5.98. The Kier molecular flexibility index (Phi) is 1.22. The Labute approximate surface area is 46.8 Å². The normalized spacial score (nSPS) is 25.6. The quantitative estimate of drug-likeness (QED) is 0.534. The minimum absolute atomic E-state index is 0.456. The molecule has 0 radical (unpaired) electrons. The number of hydrogen-bond acceptors (Lipinski definition) is 3. The lowest BCUT2D eigenvalue weighted by molar-refractivity contribution is -0.186. The largest absolute Gasteiger partial charge is 0.436 e. The molecule has 1 N–H and O–H groups in total. The number of aliphatic hydroxyl groups is 1. The van der Waals surface area contributed by atoms with Crippen molar-refractivity contribution in [3.63, 3.8) is 0 Å². The van der Waals surface area contributed by atoms with Gasteiger partial charge in [0.1, 0.15) is 6.26 Å². The van der Waals surface area contributed by atoms with Gasteiger partial charge in [-0.05, 0) is 6.08 Å². The average molecular weight is 114 g/mol. The third-order valence-electron chi connectivity index (χ3n) is 0.739. The molecule has 1 heterocycles. The maximum Gasteiger partial charge on any atom is 0.357 e. The molecule has 0 spiro atoms. The van der Waals surface area contributed by atoms with E-state index in [0.717, 1.165) is 0 Å². The van der Waals surface area contributed by atoms with Gasteiger partial charge in [-0.2, -0.15) is 0 Å². The van der Waals surface area contributed by atoms with Crippen LogP contribution in [0.2, 0.25) is 0 Å². The van der Waals surface area contributed by atoms with Gasteiger partial charge in [0.2, 0.25) is 0 Å². The van der Waals surface area contributed by atoms with Crippen LogP contribution in [-0.2, 0) is 9.47 Å². The first-order chi connectivity index (χ1) is 3.83. The van der Waals surface area contributed by atoms with Crippen molar-refractivity contribution in [3.8, 4) is 0 Å². The minimum Gasteiger partial charge on any atom is -0.436 e. The average Bonchev–Trinajstić information content (AvgIpc) is 2.14. The maximum absolute atomic E-state index is 8.49. The van der Waals surface area contributed by atoms with Gasteiger partial charge in [-0.25, -0.2) is 0 Å². The van der Waals surface area contributed by atoms with E-state index < -0.39 is 6.48 Å². The molecular weight excluding hydrogens is 108 g/mol. The van der Waals surface area contributed by atoms with E-state index in [2.05, 4.69) is 16.1 Å². The summed E-state index contributed by atoms with van der Waals surface area (Å²) in [5, 5.41) is 8.49. The maximum atomic E-state index is 8.49. The first-order valence-electron chi connectivity index (χ1n) is 2.16. The molecule has 0 amide bonds. The lowest BCUT2D eigenvalue weighted by Crippen LogP contribution is -2.04. The predicted octanol–water partition coefficient (Wildman–Crippen LogP) is 0.336. The van der Waals surface area contributed by atoms with E-state index in [-0.39, 0.29) is 0 Å². The van der Waals surface area contributed by atoms with Crippen molar-refractivity contribution in [1.82, 2.24) is 0 Å². The van der Waals surface area contributed by atoms with Crippen molar-refractivity contribution in [2.24, 2.45) is 0 Å². The Bertz CT molecular complexity index is 128. The molecule has 8 heavy (non-hydrogen) atoms. The number of rotatable bonds is 1. The van der Waals surface area contributed by atoms with Crippen molar-refractivity contribution in [2.75, 3.05) is 0 Å². The molecule has 0 fully saturated rings. The molecule has 0 saturated carbocycles. The molecule has 0 aliphatic carbocycles. The summed E-state index contributed by atoms with van der Waals surface area (Å²) >= 11 is 0. The Morgan fingerprint density at radius 2 is 2.62 bits per heavy atom. The molecule has 3 heteroatoms. The monoisotopic (exact) mass is 114 g/mol. The molecule has 1 aliphatic rings. The van der Waals surface area contributed by atoms with E-state index >= 15 is 0 Å². The first kappa shape index (κ1) is 5.18. The molecule has 1 unspecified atom stereocenters. The van der Waals surface area contributed by atoms with Crippen LogP contribution in [0, 0.1) is 0 Å². The summed E-state index contributed by atoms with van der Waals surface area (Å²) in [4.78, 5) is 0. The van der Waals surface area contributed by atoms with E-state index in [9.17, 15) is 0 Å². The Morgan fingerprint density at radius 3 is 2.88 bits per heavy atom. The number of allylic oxidation sites excluding steroid dienone is 1. The summed E-state index contributed by atoms with van der Waals surface area (Å²) in [5.41, 5.74) is 0. The smallest absolute Gasteiger partial charge is 0.357 e. The van der Waals surface area contributed by atoms with Gasteiger partial charge in [0.25, 0.3) is 0 Å². The number of aliphatic hydroxyl groups excluding tert-OH is 1. The molecule has 0 bridgehead atoms. The van der Waals surface area contributed by atoms with Crippen molar-refractivity contribution in [1.29, 1.82) is 0 Å². The van der Waals surface area contributed by atoms with Gasteiger partial charge in [-0.1, -0.05) is 6.58 Å². The number of hydrogen-bond donors (Lipinski definition) is 1. The van der Waals surface area contributed by atoms with Crippen LogP contribution >= 0.6 is 0 Å². The topological polar surface area (TPSA) is 38.7 Å². The molecule has 1 atom stereocenters. The summed E-state index contributed by atoms with van der Waals surface area (Å²) in [6.45, 7) is 2.26. The highest BCUT2D eigenvalue weighted by atomic mass is 16.8. The molecule has 1 rings (SSSR count). The van der Waals surface area contributed by atoms with Gasteiger partial charge < -0.3 is 14.6 Å². The second kappa shape index (κ2) is 1.88. The van der Waals surface area contributed by atoms with Crippen LogP contribution in [-0.4, -0.2) is 11.6 Å². The van der Waals surface area contributed by atoms with Crippen molar-refractivity contribution in [3.05, 3.63) is 24.7 Å². The highest BCUT2D eigenvalue weighted by molar-refractivity contribution is 5.07. The summed E-state index contributed by atoms with van der Waals surface area (Å²) in [5.74, 6) is 0.456. The molecule has 0 aromatic carbocycles. The van der Waals surface area contributed by atoms with Gasteiger partial charge in [0.05, 0.1) is 0 Å². The van der Waals surface area contributed by atoms with Crippen molar-refractivity contribution >= 4 is 0 Å². The van der Waals surface area contributed by atoms with Crippen LogP contribution in [0.4, 0.5) is 0 Å². The Morgan fingerprint density at radius 1 is 1.88 bits per heavy atom. The zero-order valence-electron chi connectivity index (χ0n) is 4.20. The molecule has 0 aromatic heterocycles. The number of ether oxygens (including phenoxy) is 2. The lowest BCUT2D eigenvalue weighted by Gasteiger charge is -1.99. The van der Waals surface area contributed by atoms with Crippen molar-refractivity contribution in [2.45, 2.75) is 6.48 Å². The fourth-order valence-corrected chi connectivity index (χ4v) is 0.393. The Balaban J connectivity index is 2.49. The predicted molar refractivity (Wildman–Crippen MR) is 26.5 cm³/mol. The first-order valence-corrected chi connectivity index (χ1v) is 2.16. The standard InChI is InChI=1S/C5H6O3/c1-2-4-3-7-5(6)8-4/h2-3,5-6H,1H2. The van der Waals surface area contributed by atoms with Gasteiger partial charge in [-0.15, -0.1) is 0 Å².